The lowest BCUT2D eigenvalue weighted by Crippen LogP contribution is -2.44. The van der Waals surface area contributed by atoms with E-state index in [1.54, 1.807) is 4.90 Å². The third-order valence-corrected chi connectivity index (χ3v) is 3.16. The number of hydrogen-bond acceptors (Lipinski definition) is 3. The first-order valence-corrected chi connectivity index (χ1v) is 5.58. The van der Waals surface area contributed by atoms with E-state index in [1.165, 1.54) is 6.42 Å². The molecule has 2 rings (SSSR count). The molecule has 2 amide bonds. The van der Waals surface area contributed by atoms with Gasteiger partial charge in [-0.05, 0) is 19.3 Å². The molecule has 5 heteroatoms. The average molecular weight is 214 g/mol. The summed E-state index contributed by atoms with van der Waals surface area (Å²) >= 11 is 0. The molecular formula is C10H18N2O3. The number of likely N-dealkylation sites (tertiary alicyclic amines) is 2. The van der Waals surface area contributed by atoms with Gasteiger partial charge in [-0.1, -0.05) is 0 Å². The lowest BCUT2D eigenvalue weighted by molar-refractivity contribution is 0.0572. The lowest BCUT2D eigenvalue weighted by Gasteiger charge is -2.30. The highest BCUT2D eigenvalue weighted by Crippen LogP contribution is 2.16. The van der Waals surface area contributed by atoms with Crippen LogP contribution < -0.4 is 0 Å². The minimum atomic E-state index is -0.779. The maximum absolute atomic E-state index is 11.9. The van der Waals surface area contributed by atoms with Gasteiger partial charge in [-0.2, -0.15) is 0 Å². The van der Waals surface area contributed by atoms with Crippen LogP contribution in [0.5, 0.6) is 0 Å². The summed E-state index contributed by atoms with van der Waals surface area (Å²) in [4.78, 5) is 15.3. The Kier molecular flexibility index (Phi) is 3.11. The molecule has 0 unspecified atom stereocenters. The minimum Gasteiger partial charge on any atom is -0.388 e. The van der Waals surface area contributed by atoms with Crippen molar-refractivity contribution in [2.75, 3.05) is 26.2 Å². The topological polar surface area (TPSA) is 64.0 Å². The Balaban J connectivity index is 1.90. The highest BCUT2D eigenvalue weighted by molar-refractivity contribution is 5.75. The zero-order chi connectivity index (χ0) is 10.8. The molecule has 2 aliphatic heterocycles. The van der Waals surface area contributed by atoms with Crippen LogP contribution in [0, 0.1) is 0 Å². The van der Waals surface area contributed by atoms with Gasteiger partial charge < -0.3 is 20.0 Å². The fourth-order valence-corrected chi connectivity index (χ4v) is 2.21. The Morgan fingerprint density at radius 3 is 2.00 bits per heavy atom. The molecular weight excluding hydrogens is 196 g/mol. The molecule has 0 aromatic carbocycles. The number of carbonyl (C=O) groups is 1. The summed E-state index contributed by atoms with van der Waals surface area (Å²) in [6.07, 6.45) is 1.75. The number of rotatable bonds is 0. The van der Waals surface area contributed by atoms with Crippen molar-refractivity contribution in [3.05, 3.63) is 0 Å². The maximum Gasteiger partial charge on any atom is 0.320 e. The molecule has 15 heavy (non-hydrogen) atoms. The van der Waals surface area contributed by atoms with Gasteiger partial charge in [0.15, 0.2) is 0 Å². The van der Waals surface area contributed by atoms with E-state index in [2.05, 4.69) is 0 Å². The molecule has 2 heterocycles. The van der Waals surface area contributed by atoms with Gasteiger partial charge in [0, 0.05) is 13.1 Å². The van der Waals surface area contributed by atoms with E-state index in [4.69, 9.17) is 0 Å². The second-order valence-electron chi connectivity index (χ2n) is 4.37. The third kappa shape index (κ3) is 2.23. The first-order chi connectivity index (χ1) is 7.18. The molecule has 0 saturated carbocycles. The summed E-state index contributed by atoms with van der Waals surface area (Å²) in [5.74, 6) is 0. The number of nitrogens with zero attached hydrogens (tertiary/aromatic N) is 2. The van der Waals surface area contributed by atoms with Crippen molar-refractivity contribution in [3.8, 4) is 0 Å². The molecule has 86 valence electrons. The Bertz CT molecular complexity index is 231. The van der Waals surface area contributed by atoms with Crippen LogP contribution in [0.25, 0.3) is 0 Å². The summed E-state index contributed by atoms with van der Waals surface area (Å²) in [6.45, 7) is 2.13. The van der Waals surface area contributed by atoms with Crippen LogP contribution in [0.4, 0.5) is 4.79 Å². The molecule has 2 aliphatic rings. The predicted molar refractivity (Wildman–Crippen MR) is 54.4 cm³/mol. The number of amides is 2. The van der Waals surface area contributed by atoms with E-state index in [9.17, 15) is 15.0 Å². The molecule has 2 saturated heterocycles. The molecule has 0 radical (unpaired) electrons. The van der Waals surface area contributed by atoms with Crippen LogP contribution in [-0.4, -0.2) is 64.4 Å². The van der Waals surface area contributed by atoms with Crippen LogP contribution in [0.15, 0.2) is 0 Å². The van der Waals surface area contributed by atoms with Crippen molar-refractivity contribution in [2.45, 2.75) is 31.5 Å². The summed E-state index contributed by atoms with van der Waals surface area (Å²) in [5, 5.41) is 18.7. The first kappa shape index (κ1) is 10.7. The summed E-state index contributed by atoms with van der Waals surface area (Å²) in [5.41, 5.74) is 0. The van der Waals surface area contributed by atoms with Crippen LogP contribution in [-0.2, 0) is 0 Å². The quantitative estimate of drug-likeness (QED) is 0.578. The highest BCUT2D eigenvalue weighted by atomic mass is 16.3. The van der Waals surface area contributed by atoms with E-state index >= 15 is 0 Å². The third-order valence-electron chi connectivity index (χ3n) is 3.16. The molecule has 0 aromatic rings. The van der Waals surface area contributed by atoms with Gasteiger partial charge in [0.1, 0.15) is 0 Å². The smallest absolute Gasteiger partial charge is 0.320 e. The zero-order valence-corrected chi connectivity index (χ0v) is 8.80. The van der Waals surface area contributed by atoms with E-state index < -0.39 is 12.2 Å². The fraction of sp³-hybridized carbons (Fsp3) is 0.900. The first-order valence-electron chi connectivity index (χ1n) is 5.58. The minimum absolute atomic E-state index is 0.0368. The summed E-state index contributed by atoms with van der Waals surface area (Å²) < 4.78 is 0. The van der Waals surface area contributed by atoms with E-state index in [0.717, 1.165) is 25.9 Å². The molecule has 2 atom stereocenters. The largest absolute Gasteiger partial charge is 0.388 e. The number of urea groups is 1. The number of aliphatic hydroxyl groups excluding tert-OH is 2. The van der Waals surface area contributed by atoms with Crippen LogP contribution in [0.1, 0.15) is 19.3 Å². The fourth-order valence-electron chi connectivity index (χ4n) is 2.21. The van der Waals surface area contributed by atoms with Gasteiger partial charge in [0.05, 0.1) is 25.3 Å². The number of β-amino-alcohol motifs (C(OH)–C–C–N with tert-alkyl or cyclic N) is 2. The number of carbonyl (C=O) groups excluding carboxylic acids is 1. The van der Waals surface area contributed by atoms with Crippen molar-refractivity contribution in [2.24, 2.45) is 0 Å². The normalized spacial score (nSPS) is 32.1. The van der Waals surface area contributed by atoms with E-state index in [0.29, 0.717) is 0 Å². The Morgan fingerprint density at radius 2 is 1.47 bits per heavy atom. The van der Waals surface area contributed by atoms with Gasteiger partial charge in [-0.3, -0.25) is 0 Å². The Labute approximate surface area is 89.3 Å². The number of piperidine rings is 1. The lowest BCUT2D eigenvalue weighted by atomic mass is 10.1. The maximum atomic E-state index is 11.9. The molecule has 0 aromatic heterocycles. The van der Waals surface area contributed by atoms with Crippen LogP contribution in [0.3, 0.4) is 0 Å². The second-order valence-corrected chi connectivity index (χ2v) is 4.37. The second kappa shape index (κ2) is 4.37. The highest BCUT2D eigenvalue weighted by Gasteiger charge is 2.34. The summed E-state index contributed by atoms with van der Waals surface area (Å²) in [7, 11) is 0. The zero-order valence-electron chi connectivity index (χ0n) is 8.80. The molecule has 2 fully saturated rings. The standard InChI is InChI=1S/C10H18N2O3/c13-8-6-12(7-9(8)14)10(15)11-4-2-1-3-5-11/h8-9,13-14H,1-7H2/t8-,9+. The van der Waals surface area contributed by atoms with E-state index in [-0.39, 0.29) is 19.1 Å². The number of aliphatic hydroxyl groups is 2. The molecule has 5 nitrogen and oxygen atoms in total. The molecule has 0 bridgehead atoms. The predicted octanol–water partition coefficient (Wildman–Crippen LogP) is -0.370. The van der Waals surface area contributed by atoms with Crippen LogP contribution in [0.2, 0.25) is 0 Å². The molecule has 0 spiro atoms. The molecule has 2 N–H and O–H groups in total. The van der Waals surface area contributed by atoms with Gasteiger partial charge in [-0.25, -0.2) is 4.79 Å². The Morgan fingerprint density at radius 1 is 0.933 bits per heavy atom. The van der Waals surface area contributed by atoms with Crippen molar-refractivity contribution in [1.82, 2.24) is 9.80 Å². The van der Waals surface area contributed by atoms with Crippen molar-refractivity contribution >= 4 is 6.03 Å². The molecule has 0 aliphatic carbocycles. The van der Waals surface area contributed by atoms with Gasteiger partial charge in [0.2, 0.25) is 0 Å². The average Bonchev–Trinajstić information content (AvgIpc) is 2.59. The van der Waals surface area contributed by atoms with Crippen LogP contribution >= 0.6 is 0 Å². The number of hydrogen-bond donors (Lipinski definition) is 2. The van der Waals surface area contributed by atoms with Gasteiger partial charge in [-0.15, -0.1) is 0 Å². The van der Waals surface area contributed by atoms with Crippen molar-refractivity contribution in [1.29, 1.82) is 0 Å². The summed E-state index contributed by atoms with van der Waals surface area (Å²) in [6, 6.07) is -0.0368. The van der Waals surface area contributed by atoms with E-state index in [1.807, 2.05) is 4.90 Å². The Hall–Kier alpha value is -0.810. The monoisotopic (exact) mass is 214 g/mol. The van der Waals surface area contributed by atoms with Crippen molar-refractivity contribution in [3.63, 3.8) is 0 Å². The van der Waals surface area contributed by atoms with Gasteiger partial charge >= 0.3 is 6.03 Å². The SMILES string of the molecule is O=C(N1CCCCC1)N1C[C@@H](O)[C@@H](O)C1. The van der Waals surface area contributed by atoms with Crippen molar-refractivity contribution < 1.29 is 15.0 Å². The van der Waals surface area contributed by atoms with Gasteiger partial charge in [0.25, 0.3) is 0 Å².